The van der Waals surface area contributed by atoms with Gasteiger partial charge in [-0.15, -0.1) is 0 Å². The summed E-state index contributed by atoms with van der Waals surface area (Å²) < 4.78 is 15.8. The summed E-state index contributed by atoms with van der Waals surface area (Å²) in [5, 5.41) is 13.1. The summed E-state index contributed by atoms with van der Waals surface area (Å²) in [5.74, 6) is 1.20. The molecule has 0 saturated heterocycles. The molecular formula is C15H25NO4. The summed E-state index contributed by atoms with van der Waals surface area (Å²) >= 11 is 0. The van der Waals surface area contributed by atoms with Gasteiger partial charge in [0, 0.05) is 19.2 Å². The Bertz CT molecular complexity index is 390. The second-order valence-electron chi connectivity index (χ2n) is 5.59. The first-order valence-electron chi connectivity index (χ1n) is 6.69. The number of aliphatic hydroxyl groups excluding tert-OH is 1. The van der Waals surface area contributed by atoms with E-state index in [1.54, 1.807) is 19.2 Å². The fourth-order valence-corrected chi connectivity index (χ4v) is 1.48. The van der Waals surface area contributed by atoms with Crippen molar-refractivity contribution < 1.29 is 19.3 Å². The van der Waals surface area contributed by atoms with E-state index in [1.807, 2.05) is 12.1 Å². The van der Waals surface area contributed by atoms with Gasteiger partial charge in [0.25, 0.3) is 0 Å². The van der Waals surface area contributed by atoms with Gasteiger partial charge in [-0.2, -0.15) is 0 Å². The number of β-amino-alcohol motifs (C(OH)–C–C–N with tert-alkyl or cyclic N) is 1. The van der Waals surface area contributed by atoms with Gasteiger partial charge >= 0.3 is 0 Å². The van der Waals surface area contributed by atoms with Crippen LogP contribution >= 0.6 is 0 Å². The van der Waals surface area contributed by atoms with Gasteiger partial charge in [0.1, 0.15) is 12.7 Å². The summed E-state index contributed by atoms with van der Waals surface area (Å²) in [6.07, 6.45) is -0.579. The number of benzene rings is 1. The average molecular weight is 283 g/mol. The first-order valence-corrected chi connectivity index (χ1v) is 6.69. The normalized spacial score (nSPS) is 13.1. The minimum Gasteiger partial charge on any atom is -0.487 e. The third-order valence-corrected chi connectivity index (χ3v) is 2.48. The number of nitrogens with one attached hydrogen (secondary N) is 1. The molecule has 1 unspecified atom stereocenters. The zero-order valence-corrected chi connectivity index (χ0v) is 12.7. The highest BCUT2D eigenvalue weighted by molar-refractivity contribution is 5.39. The monoisotopic (exact) mass is 283 g/mol. The van der Waals surface area contributed by atoms with Crippen LogP contribution in [0.5, 0.6) is 11.5 Å². The van der Waals surface area contributed by atoms with Gasteiger partial charge in [-0.3, -0.25) is 0 Å². The fourth-order valence-electron chi connectivity index (χ4n) is 1.48. The summed E-state index contributed by atoms with van der Waals surface area (Å²) in [6.45, 7) is 6.99. The summed E-state index contributed by atoms with van der Waals surface area (Å²) in [4.78, 5) is 0. The van der Waals surface area contributed by atoms with Crippen molar-refractivity contribution in [2.24, 2.45) is 0 Å². The topological polar surface area (TPSA) is 60.0 Å². The van der Waals surface area contributed by atoms with Crippen molar-refractivity contribution in [2.75, 3.05) is 27.1 Å². The standard InChI is InChI=1S/C15H25NO4/c1-15(2,3)16-9-12(17)10-19-13-7-5-6-8-14(13)20-11-18-4/h5-8,12,16-17H,9-11H2,1-4H3. The molecule has 2 N–H and O–H groups in total. The quantitative estimate of drug-likeness (QED) is 0.712. The van der Waals surface area contributed by atoms with Crippen molar-refractivity contribution >= 4 is 0 Å². The number of rotatable bonds is 8. The van der Waals surface area contributed by atoms with Crippen LogP contribution in [0, 0.1) is 0 Å². The van der Waals surface area contributed by atoms with Crippen LogP contribution in [0.1, 0.15) is 20.8 Å². The van der Waals surface area contributed by atoms with Gasteiger partial charge < -0.3 is 24.6 Å². The van der Waals surface area contributed by atoms with Crippen LogP contribution in [-0.4, -0.2) is 43.8 Å². The van der Waals surface area contributed by atoms with Gasteiger partial charge in [0.2, 0.25) is 0 Å². The molecule has 20 heavy (non-hydrogen) atoms. The van der Waals surface area contributed by atoms with Gasteiger partial charge in [-0.25, -0.2) is 0 Å². The van der Waals surface area contributed by atoms with Gasteiger partial charge in [0.15, 0.2) is 18.3 Å². The van der Waals surface area contributed by atoms with Crippen LogP contribution in [0.25, 0.3) is 0 Å². The molecule has 5 nitrogen and oxygen atoms in total. The van der Waals surface area contributed by atoms with Gasteiger partial charge in [0.05, 0.1) is 0 Å². The molecule has 1 aromatic carbocycles. The Morgan fingerprint density at radius 2 is 1.75 bits per heavy atom. The Hall–Kier alpha value is -1.30. The molecule has 1 aromatic rings. The van der Waals surface area contributed by atoms with Crippen molar-refractivity contribution in [3.63, 3.8) is 0 Å². The summed E-state index contributed by atoms with van der Waals surface area (Å²) in [6, 6.07) is 7.31. The highest BCUT2D eigenvalue weighted by Crippen LogP contribution is 2.26. The molecule has 0 aliphatic heterocycles. The lowest BCUT2D eigenvalue weighted by Gasteiger charge is -2.23. The molecule has 0 fully saturated rings. The average Bonchev–Trinajstić information content (AvgIpc) is 2.40. The summed E-state index contributed by atoms with van der Waals surface area (Å²) in [7, 11) is 1.56. The van der Waals surface area contributed by atoms with E-state index in [-0.39, 0.29) is 18.9 Å². The molecule has 0 bridgehead atoms. The number of hydrogen-bond acceptors (Lipinski definition) is 5. The second kappa shape index (κ2) is 8.09. The molecule has 114 valence electrons. The fraction of sp³-hybridized carbons (Fsp3) is 0.600. The van der Waals surface area contributed by atoms with E-state index >= 15 is 0 Å². The van der Waals surface area contributed by atoms with Crippen LogP contribution in [0.2, 0.25) is 0 Å². The zero-order chi connectivity index (χ0) is 15.0. The van der Waals surface area contributed by atoms with Crippen molar-refractivity contribution in [2.45, 2.75) is 32.4 Å². The molecule has 5 heteroatoms. The van der Waals surface area contributed by atoms with Crippen LogP contribution < -0.4 is 14.8 Å². The Morgan fingerprint density at radius 3 is 2.30 bits per heavy atom. The minimum atomic E-state index is -0.579. The lowest BCUT2D eigenvalue weighted by Crippen LogP contribution is -2.42. The predicted molar refractivity (Wildman–Crippen MR) is 78.2 cm³/mol. The third-order valence-electron chi connectivity index (χ3n) is 2.48. The predicted octanol–water partition coefficient (Wildman–Crippen LogP) is 1.80. The first kappa shape index (κ1) is 16.8. The van der Waals surface area contributed by atoms with Crippen LogP contribution in [0.3, 0.4) is 0 Å². The Kier molecular flexibility index (Phi) is 6.78. The summed E-state index contributed by atoms with van der Waals surface area (Å²) in [5.41, 5.74) is -0.0273. The Balaban J connectivity index is 2.44. The molecule has 0 aliphatic rings. The van der Waals surface area contributed by atoms with Crippen molar-refractivity contribution in [3.05, 3.63) is 24.3 Å². The number of hydrogen-bond donors (Lipinski definition) is 2. The Morgan fingerprint density at radius 1 is 1.15 bits per heavy atom. The molecule has 0 spiro atoms. The third kappa shape index (κ3) is 6.75. The maximum absolute atomic E-state index is 9.89. The van der Waals surface area contributed by atoms with E-state index in [0.717, 1.165) is 0 Å². The SMILES string of the molecule is COCOc1ccccc1OCC(O)CNC(C)(C)C. The first-order chi connectivity index (χ1) is 9.42. The molecule has 0 radical (unpaired) electrons. The van der Waals surface area contributed by atoms with E-state index in [4.69, 9.17) is 14.2 Å². The number of aliphatic hydroxyl groups is 1. The minimum absolute atomic E-state index is 0.0273. The number of methoxy groups -OCH3 is 1. The van der Waals surface area contributed by atoms with E-state index in [0.29, 0.717) is 18.0 Å². The number of para-hydroxylation sites is 2. The molecule has 0 saturated carbocycles. The highest BCUT2D eigenvalue weighted by Gasteiger charge is 2.13. The number of ether oxygens (including phenoxy) is 3. The second-order valence-corrected chi connectivity index (χ2v) is 5.59. The van der Waals surface area contributed by atoms with E-state index in [1.165, 1.54) is 0 Å². The molecule has 0 aliphatic carbocycles. The molecule has 1 rings (SSSR count). The lowest BCUT2D eigenvalue weighted by molar-refractivity contribution is 0.0461. The molecule has 0 amide bonds. The smallest absolute Gasteiger partial charge is 0.188 e. The largest absolute Gasteiger partial charge is 0.487 e. The molecule has 0 heterocycles. The van der Waals surface area contributed by atoms with Gasteiger partial charge in [-0.05, 0) is 32.9 Å². The van der Waals surface area contributed by atoms with Crippen LogP contribution in [0.15, 0.2) is 24.3 Å². The maximum atomic E-state index is 9.89. The highest BCUT2D eigenvalue weighted by atomic mass is 16.7. The van der Waals surface area contributed by atoms with Crippen LogP contribution in [0.4, 0.5) is 0 Å². The Labute approximate surface area is 120 Å². The van der Waals surface area contributed by atoms with E-state index in [2.05, 4.69) is 26.1 Å². The maximum Gasteiger partial charge on any atom is 0.188 e. The van der Waals surface area contributed by atoms with Crippen molar-refractivity contribution in [1.82, 2.24) is 5.32 Å². The zero-order valence-electron chi connectivity index (χ0n) is 12.7. The molecule has 1 atom stereocenters. The van der Waals surface area contributed by atoms with E-state index in [9.17, 15) is 5.11 Å². The van der Waals surface area contributed by atoms with Crippen molar-refractivity contribution in [1.29, 1.82) is 0 Å². The van der Waals surface area contributed by atoms with Crippen LogP contribution in [-0.2, 0) is 4.74 Å². The lowest BCUT2D eigenvalue weighted by atomic mass is 10.1. The van der Waals surface area contributed by atoms with E-state index < -0.39 is 6.10 Å². The molecular weight excluding hydrogens is 258 g/mol. The van der Waals surface area contributed by atoms with Gasteiger partial charge in [-0.1, -0.05) is 12.1 Å². The molecule has 0 aromatic heterocycles. The van der Waals surface area contributed by atoms with Crippen molar-refractivity contribution in [3.8, 4) is 11.5 Å².